The summed E-state index contributed by atoms with van der Waals surface area (Å²) in [5.41, 5.74) is 7.86. The summed E-state index contributed by atoms with van der Waals surface area (Å²) in [4.78, 5) is 14.1. The Labute approximate surface area is 120 Å². The van der Waals surface area contributed by atoms with Gasteiger partial charge in [0.15, 0.2) is 0 Å². The van der Waals surface area contributed by atoms with E-state index in [0.29, 0.717) is 31.0 Å². The van der Waals surface area contributed by atoms with E-state index in [0.717, 1.165) is 5.69 Å². The number of esters is 1. The van der Waals surface area contributed by atoms with Crippen molar-refractivity contribution in [3.05, 3.63) is 23.8 Å². The van der Waals surface area contributed by atoms with Crippen molar-refractivity contribution in [3.8, 4) is 0 Å². The number of para-hydroxylation sites is 1. The molecule has 2 N–H and O–H groups in total. The van der Waals surface area contributed by atoms with Gasteiger partial charge in [0.05, 0.1) is 30.2 Å². The number of anilines is 2. The highest BCUT2D eigenvalue weighted by atomic mass is 16.5. The molecule has 1 rings (SSSR count). The molecule has 0 aliphatic heterocycles. The van der Waals surface area contributed by atoms with Gasteiger partial charge in [0.1, 0.15) is 0 Å². The Morgan fingerprint density at radius 3 is 2.65 bits per heavy atom. The molecule has 20 heavy (non-hydrogen) atoms. The molecule has 0 amide bonds. The van der Waals surface area contributed by atoms with Gasteiger partial charge < -0.3 is 20.1 Å². The van der Waals surface area contributed by atoms with Gasteiger partial charge in [-0.2, -0.15) is 0 Å². The zero-order valence-corrected chi connectivity index (χ0v) is 12.7. The first-order chi connectivity index (χ1) is 9.52. The molecule has 0 heterocycles. The molecule has 0 radical (unpaired) electrons. The van der Waals surface area contributed by atoms with E-state index in [4.69, 9.17) is 15.2 Å². The maximum absolute atomic E-state index is 12.1. The number of hydrogen-bond acceptors (Lipinski definition) is 5. The summed E-state index contributed by atoms with van der Waals surface area (Å²) in [6.07, 6.45) is 0. The highest BCUT2D eigenvalue weighted by molar-refractivity contribution is 5.99. The van der Waals surface area contributed by atoms with E-state index < -0.39 is 0 Å². The summed E-state index contributed by atoms with van der Waals surface area (Å²) in [6.45, 7) is 7.46. The molecule has 0 saturated heterocycles. The maximum atomic E-state index is 12.1. The number of rotatable bonds is 7. The standard InChI is InChI=1S/C15H24N2O3/c1-5-20-15(18)12-7-6-8-13(16)14(12)17(11(2)3)9-10-19-4/h6-8,11H,5,9-10,16H2,1-4H3. The van der Waals surface area contributed by atoms with Gasteiger partial charge in [-0.15, -0.1) is 0 Å². The molecule has 5 heteroatoms. The van der Waals surface area contributed by atoms with Gasteiger partial charge in [0.25, 0.3) is 0 Å². The van der Waals surface area contributed by atoms with E-state index in [9.17, 15) is 4.79 Å². The number of nitrogens with zero attached hydrogens (tertiary/aromatic N) is 1. The number of hydrogen-bond donors (Lipinski definition) is 1. The van der Waals surface area contributed by atoms with Gasteiger partial charge in [0, 0.05) is 19.7 Å². The summed E-state index contributed by atoms with van der Waals surface area (Å²) >= 11 is 0. The second kappa shape index (κ2) is 7.75. The van der Waals surface area contributed by atoms with Crippen LogP contribution in [0.5, 0.6) is 0 Å². The van der Waals surface area contributed by atoms with Crippen molar-refractivity contribution in [2.75, 3.05) is 37.5 Å². The fraction of sp³-hybridized carbons (Fsp3) is 0.533. The lowest BCUT2D eigenvalue weighted by Crippen LogP contribution is -2.35. The van der Waals surface area contributed by atoms with Crippen molar-refractivity contribution < 1.29 is 14.3 Å². The molecule has 0 aliphatic rings. The summed E-state index contributed by atoms with van der Waals surface area (Å²) in [6, 6.07) is 5.49. The molecule has 112 valence electrons. The second-order valence-corrected chi connectivity index (χ2v) is 4.74. The second-order valence-electron chi connectivity index (χ2n) is 4.74. The molecule has 0 fully saturated rings. The van der Waals surface area contributed by atoms with Gasteiger partial charge in [-0.1, -0.05) is 6.07 Å². The fourth-order valence-corrected chi connectivity index (χ4v) is 2.07. The van der Waals surface area contributed by atoms with Crippen LogP contribution >= 0.6 is 0 Å². The number of carbonyl (C=O) groups excluding carboxylic acids is 1. The largest absolute Gasteiger partial charge is 0.462 e. The predicted molar refractivity (Wildman–Crippen MR) is 81.2 cm³/mol. The van der Waals surface area contributed by atoms with Gasteiger partial charge in [-0.05, 0) is 32.9 Å². The van der Waals surface area contributed by atoms with Gasteiger partial charge >= 0.3 is 5.97 Å². The summed E-state index contributed by atoms with van der Waals surface area (Å²) < 4.78 is 10.2. The lowest BCUT2D eigenvalue weighted by atomic mass is 10.1. The van der Waals surface area contributed by atoms with Crippen LogP contribution in [-0.2, 0) is 9.47 Å². The number of methoxy groups -OCH3 is 1. The maximum Gasteiger partial charge on any atom is 0.340 e. The monoisotopic (exact) mass is 280 g/mol. The van der Waals surface area contributed by atoms with Crippen molar-refractivity contribution in [1.29, 1.82) is 0 Å². The van der Waals surface area contributed by atoms with Crippen LogP contribution in [0.25, 0.3) is 0 Å². The van der Waals surface area contributed by atoms with E-state index in [1.807, 2.05) is 0 Å². The first-order valence-electron chi connectivity index (χ1n) is 6.84. The molecule has 0 aliphatic carbocycles. The minimum absolute atomic E-state index is 0.197. The Morgan fingerprint density at radius 1 is 1.40 bits per heavy atom. The third kappa shape index (κ3) is 3.87. The van der Waals surface area contributed by atoms with Crippen LogP contribution in [0.1, 0.15) is 31.1 Å². The molecular formula is C15H24N2O3. The summed E-state index contributed by atoms with van der Waals surface area (Å²) in [5.74, 6) is -0.349. The van der Waals surface area contributed by atoms with E-state index in [1.165, 1.54) is 0 Å². The Hall–Kier alpha value is -1.75. The SMILES string of the molecule is CCOC(=O)c1cccc(N)c1N(CCOC)C(C)C. The van der Waals surface area contributed by atoms with Crippen LogP contribution in [0, 0.1) is 0 Å². The highest BCUT2D eigenvalue weighted by Gasteiger charge is 2.21. The third-order valence-electron chi connectivity index (χ3n) is 3.01. The Morgan fingerprint density at radius 2 is 2.10 bits per heavy atom. The molecule has 5 nitrogen and oxygen atoms in total. The molecule has 0 atom stereocenters. The number of benzene rings is 1. The highest BCUT2D eigenvalue weighted by Crippen LogP contribution is 2.30. The molecule has 0 spiro atoms. The molecule has 1 aromatic rings. The van der Waals surface area contributed by atoms with Gasteiger partial charge in [-0.25, -0.2) is 4.79 Å². The van der Waals surface area contributed by atoms with E-state index >= 15 is 0 Å². The number of ether oxygens (including phenoxy) is 2. The van der Waals surface area contributed by atoms with Crippen LogP contribution in [0.2, 0.25) is 0 Å². The Balaban J connectivity index is 3.21. The van der Waals surface area contributed by atoms with Crippen molar-refractivity contribution in [3.63, 3.8) is 0 Å². The van der Waals surface area contributed by atoms with Gasteiger partial charge in [0.2, 0.25) is 0 Å². The topological polar surface area (TPSA) is 64.8 Å². The molecule has 1 aromatic carbocycles. The Kier molecular flexibility index (Phi) is 6.31. The minimum Gasteiger partial charge on any atom is -0.462 e. The van der Waals surface area contributed by atoms with Crippen molar-refractivity contribution in [2.45, 2.75) is 26.8 Å². The van der Waals surface area contributed by atoms with Gasteiger partial charge in [-0.3, -0.25) is 0 Å². The fourth-order valence-electron chi connectivity index (χ4n) is 2.07. The Bertz CT molecular complexity index is 447. The zero-order chi connectivity index (χ0) is 15.1. The minimum atomic E-state index is -0.349. The van der Waals surface area contributed by atoms with Crippen molar-refractivity contribution >= 4 is 17.3 Å². The van der Waals surface area contributed by atoms with Crippen LogP contribution in [0.3, 0.4) is 0 Å². The number of nitrogen functional groups attached to an aromatic ring is 1. The van der Waals surface area contributed by atoms with E-state index in [-0.39, 0.29) is 12.0 Å². The van der Waals surface area contributed by atoms with Crippen LogP contribution in [0.15, 0.2) is 18.2 Å². The average Bonchev–Trinajstić information content (AvgIpc) is 2.40. The summed E-state index contributed by atoms with van der Waals surface area (Å²) in [7, 11) is 1.65. The first kappa shape index (κ1) is 16.3. The predicted octanol–water partition coefficient (Wildman–Crippen LogP) is 2.31. The average molecular weight is 280 g/mol. The molecular weight excluding hydrogens is 256 g/mol. The summed E-state index contributed by atoms with van der Waals surface area (Å²) in [5, 5.41) is 0. The smallest absolute Gasteiger partial charge is 0.340 e. The van der Waals surface area contributed by atoms with Crippen LogP contribution < -0.4 is 10.6 Å². The zero-order valence-electron chi connectivity index (χ0n) is 12.7. The normalized spacial score (nSPS) is 10.7. The first-order valence-corrected chi connectivity index (χ1v) is 6.84. The van der Waals surface area contributed by atoms with Crippen LogP contribution in [-0.4, -0.2) is 38.9 Å². The van der Waals surface area contributed by atoms with E-state index in [1.54, 1.807) is 32.2 Å². The van der Waals surface area contributed by atoms with Crippen molar-refractivity contribution in [1.82, 2.24) is 0 Å². The third-order valence-corrected chi connectivity index (χ3v) is 3.01. The molecule has 0 aromatic heterocycles. The lowest BCUT2D eigenvalue weighted by molar-refractivity contribution is 0.0527. The number of nitrogens with two attached hydrogens (primary N) is 1. The molecule has 0 unspecified atom stereocenters. The van der Waals surface area contributed by atoms with E-state index in [2.05, 4.69) is 18.7 Å². The van der Waals surface area contributed by atoms with Crippen LogP contribution in [0.4, 0.5) is 11.4 Å². The molecule has 0 bridgehead atoms. The lowest BCUT2D eigenvalue weighted by Gasteiger charge is -2.31. The van der Waals surface area contributed by atoms with Crippen molar-refractivity contribution in [2.24, 2.45) is 0 Å². The number of carbonyl (C=O) groups is 1. The molecule has 0 saturated carbocycles. The quantitative estimate of drug-likeness (QED) is 0.613.